The summed E-state index contributed by atoms with van der Waals surface area (Å²) in [5, 5.41) is 11.8. The van der Waals surface area contributed by atoms with Gasteiger partial charge in [0, 0.05) is 12.1 Å². The van der Waals surface area contributed by atoms with E-state index in [0.717, 1.165) is 0 Å². The van der Waals surface area contributed by atoms with Crippen LogP contribution in [0.5, 0.6) is 5.75 Å². The van der Waals surface area contributed by atoms with Gasteiger partial charge in [0.2, 0.25) is 5.91 Å². The maximum Gasteiger partial charge on any atom is 0.234 e. The van der Waals surface area contributed by atoms with Crippen LogP contribution in [0.1, 0.15) is 17.3 Å². The lowest BCUT2D eigenvalue weighted by Crippen LogP contribution is -2.37. The molecule has 5 nitrogen and oxygen atoms in total. The van der Waals surface area contributed by atoms with Crippen molar-refractivity contribution in [1.29, 1.82) is 0 Å². The molecule has 5 heteroatoms. The molecular formula is C13H18N2O3. The van der Waals surface area contributed by atoms with Crippen LogP contribution in [0, 0.1) is 0 Å². The van der Waals surface area contributed by atoms with E-state index in [1.54, 1.807) is 24.1 Å². The van der Waals surface area contributed by atoms with Crippen molar-refractivity contribution in [2.75, 3.05) is 26.7 Å². The van der Waals surface area contributed by atoms with Crippen LogP contribution in [0.4, 0.5) is 0 Å². The fraction of sp³-hybridized carbons (Fsp3) is 0.385. The molecular weight excluding hydrogens is 232 g/mol. The average molecular weight is 250 g/mol. The van der Waals surface area contributed by atoms with Crippen molar-refractivity contribution in [1.82, 2.24) is 10.2 Å². The smallest absolute Gasteiger partial charge is 0.234 e. The van der Waals surface area contributed by atoms with Crippen LogP contribution < -0.4 is 5.32 Å². The average Bonchev–Trinajstić information content (AvgIpc) is 2.29. The Balaban J connectivity index is 2.49. The molecule has 0 aliphatic rings. The molecule has 0 heterocycles. The van der Waals surface area contributed by atoms with Gasteiger partial charge in [-0.2, -0.15) is 0 Å². The van der Waals surface area contributed by atoms with Crippen molar-refractivity contribution in [2.45, 2.75) is 6.92 Å². The lowest BCUT2D eigenvalue weighted by Gasteiger charge is -2.15. The zero-order chi connectivity index (χ0) is 13.5. The highest BCUT2D eigenvalue weighted by Crippen LogP contribution is 2.10. The molecule has 1 aromatic rings. The molecule has 1 rings (SSSR count). The molecule has 0 aliphatic carbocycles. The molecule has 18 heavy (non-hydrogen) atoms. The minimum absolute atomic E-state index is 0.0817. The Morgan fingerprint density at radius 1 is 1.22 bits per heavy atom. The van der Waals surface area contributed by atoms with E-state index in [0.29, 0.717) is 12.1 Å². The number of ketones is 1. The first-order chi connectivity index (χ1) is 8.52. The number of nitrogens with zero attached hydrogens (tertiary/aromatic N) is 1. The van der Waals surface area contributed by atoms with Crippen molar-refractivity contribution >= 4 is 11.7 Å². The molecule has 0 saturated heterocycles. The van der Waals surface area contributed by atoms with Crippen LogP contribution >= 0.6 is 0 Å². The van der Waals surface area contributed by atoms with Gasteiger partial charge in [-0.25, -0.2) is 0 Å². The van der Waals surface area contributed by atoms with Crippen molar-refractivity contribution in [3.05, 3.63) is 29.8 Å². The fourth-order valence-corrected chi connectivity index (χ4v) is 1.54. The van der Waals surface area contributed by atoms with Crippen LogP contribution in [-0.4, -0.2) is 48.4 Å². The van der Waals surface area contributed by atoms with E-state index in [-0.39, 0.29) is 30.5 Å². The van der Waals surface area contributed by atoms with E-state index in [1.165, 1.54) is 12.1 Å². The van der Waals surface area contributed by atoms with E-state index in [9.17, 15) is 9.59 Å². The summed E-state index contributed by atoms with van der Waals surface area (Å²) in [6.07, 6.45) is 0. The summed E-state index contributed by atoms with van der Waals surface area (Å²) in [6, 6.07) is 6.07. The van der Waals surface area contributed by atoms with Gasteiger partial charge >= 0.3 is 0 Å². The number of Topliss-reactive ketones (excluding diaryl/α,β-unsaturated/α-hetero) is 1. The number of phenolic OH excluding ortho intramolecular Hbond substituents is 1. The van der Waals surface area contributed by atoms with Crippen LogP contribution in [-0.2, 0) is 4.79 Å². The van der Waals surface area contributed by atoms with Crippen LogP contribution in [0.25, 0.3) is 0 Å². The lowest BCUT2D eigenvalue weighted by atomic mass is 10.1. The Kier molecular flexibility index (Phi) is 5.32. The number of carbonyl (C=O) groups excluding carboxylic acids is 2. The van der Waals surface area contributed by atoms with E-state index in [4.69, 9.17) is 5.11 Å². The number of hydrogen-bond donors (Lipinski definition) is 2. The third kappa shape index (κ3) is 4.55. The van der Waals surface area contributed by atoms with E-state index >= 15 is 0 Å². The Bertz CT molecular complexity index is 415. The number of hydrogen-bond acceptors (Lipinski definition) is 4. The van der Waals surface area contributed by atoms with Gasteiger partial charge in [-0.3, -0.25) is 14.5 Å². The predicted molar refractivity (Wildman–Crippen MR) is 68.6 cm³/mol. The van der Waals surface area contributed by atoms with Gasteiger partial charge in [0.1, 0.15) is 5.75 Å². The number of aromatic hydroxyl groups is 1. The normalized spacial score (nSPS) is 10.4. The van der Waals surface area contributed by atoms with Gasteiger partial charge in [-0.1, -0.05) is 0 Å². The predicted octanol–water partition coefficient (Wildman–Crippen LogP) is 0.643. The Labute approximate surface area is 106 Å². The molecule has 0 atom stereocenters. The number of phenols is 1. The summed E-state index contributed by atoms with van der Waals surface area (Å²) in [4.78, 5) is 24.8. The number of amides is 1. The second-order valence-electron chi connectivity index (χ2n) is 4.10. The highest BCUT2D eigenvalue weighted by atomic mass is 16.3. The largest absolute Gasteiger partial charge is 0.508 e. The second kappa shape index (κ2) is 6.76. The van der Waals surface area contributed by atoms with Crippen LogP contribution in [0.2, 0.25) is 0 Å². The van der Waals surface area contributed by atoms with Crippen LogP contribution in [0.3, 0.4) is 0 Å². The first-order valence-electron chi connectivity index (χ1n) is 5.80. The molecule has 0 bridgehead atoms. The lowest BCUT2D eigenvalue weighted by molar-refractivity contribution is -0.121. The minimum atomic E-state index is -0.0986. The molecule has 0 unspecified atom stereocenters. The molecule has 98 valence electrons. The molecule has 2 N–H and O–H groups in total. The maximum absolute atomic E-state index is 11.9. The van der Waals surface area contributed by atoms with E-state index in [2.05, 4.69) is 5.32 Å². The summed E-state index contributed by atoms with van der Waals surface area (Å²) in [7, 11) is 1.72. The zero-order valence-electron chi connectivity index (χ0n) is 10.6. The van der Waals surface area contributed by atoms with Crippen molar-refractivity contribution in [3.63, 3.8) is 0 Å². The number of nitrogens with one attached hydrogen (secondary N) is 1. The number of benzene rings is 1. The van der Waals surface area contributed by atoms with Gasteiger partial charge in [0.05, 0.1) is 13.1 Å². The topological polar surface area (TPSA) is 69.6 Å². The van der Waals surface area contributed by atoms with Crippen molar-refractivity contribution < 1.29 is 14.7 Å². The standard InChI is InChI=1S/C13H18N2O3/c1-3-14-13(18)9-15(2)8-12(17)10-4-6-11(16)7-5-10/h4-7,16H,3,8-9H2,1-2H3,(H,14,18). The highest BCUT2D eigenvalue weighted by molar-refractivity contribution is 5.97. The molecule has 1 aromatic carbocycles. The fourth-order valence-electron chi connectivity index (χ4n) is 1.54. The molecule has 0 aliphatic heterocycles. The summed E-state index contributed by atoms with van der Waals surface area (Å²) in [5.41, 5.74) is 0.524. The highest BCUT2D eigenvalue weighted by Gasteiger charge is 2.11. The Morgan fingerprint density at radius 3 is 2.39 bits per heavy atom. The zero-order valence-corrected chi connectivity index (χ0v) is 10.6. The number of likely N-dealkylation sites (N-methyl/N-ethyl adjacent to an activating group) is 2. The SMILES string of the molecule is CCNC(=O)CN(C)CC(=O)c1ccc(O)cc1. The molecule has 0 saturated carbocycles. The Morgan fingerprint density at radius 2 is 1.83 bits per heavy atom. The third-order valence-electron chi connectivity index (χ3n) is 2.39. The monoisotopic (exact) mass is 250 g/mol. The van der Waals surface area contributed by atoms with E-state index in [1.807, 2.05) is 6.92 Å². The van der Waals surface area contributed by atoms with Crippen LogP contribution in [0.15, 0.2) is 24.3 Å². The number of carbonyl (C=O) groups is 2. The van der Waals surface area contributed by atoms with Gasteiger partial charge in [-0.05, 0) is 38.2 Å². The van der Waals surface area contributed by atoms with Gasteiger partial charge < -0.3 is 10.4 Å². The first kappa shape index (κ1) is 14.2. The molecule has 0 aromatic heterocycles. The second-order valence-corrected chi connectivity index (χ2v) is 4.10. The summed E-state index contributed by atoms with van der Waals surface area (Å²) in [5.74, 6) is -0.0532. The maximum atomic E-state index is 11.9. The molecule has 0 fully saturated rings. The molecule has 0 radical (unpaired) electrons. The summed E-state index contributed by atoms with van der Waals surface area (Å²) < 4.78 is 0. The first-order valence-corrected chi connectivity index (χ1v) is 5.80. The summed E-state index contributed by atoms with van der Waals surface area (Å²) >= 11 is 0. The van der Waals surface area contributed by atoms with Gasteiger partial charge in [0.15, 0.2) is 5.78 Å². The Hall–Kier alpha value is -1.88. The number of rotatable bonds is 6. The summed E-state index contributed by atoms with van der Waals surface area (Å²) in [6.45, 7) is 2.79. The van der Waals surface area contributed by atoms with Gasteiger partial charge in [-0.15, -0.1) is 0 Å². The van der Waals surface area contributed by atoms with Gasteiger partial charge in [0.25, 0.3) is 0 Å². The third-order valence-corrected chi connectivity index (χ3v) is 2.39. The molecule has 1 amide bonds. The quantitative estimate of drug-likeness (QED) is 0.727. The van der Waals surface area contributed by atoms with Crippen molar-refractivity contribution in [3.8, 4) is 5.75 Å². The van der Waals surface area contributed by atoms with E-state index < -0.39 is 0 Å². The molecule has 0 spiro atoms. The minimum Gasteiger partial charge on any atom is -0.508 e. The van der Waals surface area contributed by atoms with Crippen molar-refractivity contribution in [2.24, 2.45) is 0 Å².